The van der Waals surface area contributed by atoms with E-state index in [1.54, 1.807) is 6.08 Å². The molecule has 1 aromatic rings. The summed E-state index contributed by atoms with van der Waals surface area (Å²) < 4.78 is 4.98. The molecule has 1 aliphatic heterocycles. The van der Waals surface area contributed by atoms with E-state index in [1.165, 1.54) is 12.7 Å². The summed E-state index contributed by atoms with van der Waals surface area (Å²) >= 11 is 0. The molecule has 3 nitrogen and oxygen atoms in total. The molecule has 0 bridgehead atoms. The van der Waals surface area contributed by atoms with Crippen LogP contribution in [0.15, 0.2) is 54.3 Å². The predicted octanol–water partition coefficient (Wildman–Crippen LogP) is 4.24. The van der Waals surface area contributed by atoms with Crippen molar-refractivity contribution in [3.8, 4) is 0 Å². The molecule has 22 heavy (non-hydrogen) atoms. The van der Waals surface area contributed by atoms with Crippen molar-refractivity contribution >= 4 is 5.97 Å². The molecule has 0 unspecified atom stereocenters. The molecule has 1 atom stereocenters. The zero-order valence-electron chi connectivity index (χ0n) is 13.5. The molecular weight excluding hydrogens is 274 g/mol. The summed E-state index contributed by atoms with van der Waals surface area (Å²) in [6.07, 6.45) is 5.53. The molecule has 0 N–H and O–H groups in total. The Kier molecular flexibility index (Phi) is 5.82. The Morgan fingerprint density at radius 3 is 2.73 bits per heavy atom. The third-order valence-corrected chi connectivity index (χ3v) is 4.29. The first-order valence-electron chi connectivity index (χ1n) is 7.91. The van der Waals surface area contributed by atoms with E-state index in [1.807, 2.05) is 6.07 Å². The van der Waals surface area contributed by atoms with Crippen molar-refractivity contribution in [3.05, 3.63) is 59.8 Å². The Labute approximate surface area is 133 Å². The second kappa shape index (κ2) is 7.83. The van der Waals surface area contributed by atoms with Crippen LogP contribution in [0.1, 0.15) is 44.2 Å². The van der Waals surface area contributed by atoms with Crippen LogP contribution >= 0.6 is 0 Å². The number of piperidine rings is 1. The molecule has 3 heteroatoms. The number of ether oxygens (including phenoxy) is 1. The Balaban J connectivity index is 2.38. The van der Waals surface area contributed by atoms with E-state index in [9.17, 15) is 4.79 Å². The van der Waals surface area contributed by atoms with Crippen LogP contribution in [-0.4, -0.2) is 24.5 Å². The van der Waals surface area contributed by atoms with Gasteiger partial charge in [-0.3, -0.25) is 0 Å². The lowest BCUT2D eigenvalue weighted by atomic mass is 9.96. The average Bonchev–Trinajstić information content (AvgIpc) is 2.59. The van der Waals surface area contributed by atoms with Gasteiger partial charge in [0.2, 0.25) is 0 Å². The summed E-state index contributed by atoms with van der Waals surface area (Å²) in [5, 5.41) is 0. The molecule has 0 aromatic heterocycles. The van der Waals surface area contributed by atoms with E-state index in [-0.39, 0.29) is 12.0 Å². The van der Waals surface area contributed by atoms with Gasteiger partial charge in [-0.05, 0) is 38.2 Å². The van der Waals surface area contributed by atoms with Gasteiger partial charge in [0.05, 0.1) is 18.7 Å². The normalized spacial score (nSPS) is 18.5. The van der Waals surface area contributed by atoms with Crippen molar-refractivity contribution < 1.29 is 9.53 Å². The van der Waals surface area contributed by atoms with Gasteiger partial charge >= 0.3 is 5.97 Å². The number of hydrogen-bond acceptors (Lipinski definition) is 3. The van der Waals surface area contributed by atoms with Crippen LogP contribution in [0.3, 0.4) is 0 Å². The quantitative estimate of drug-likeness (QED) is 0.463. The maximum Gasteiger partial charge on any atom is 0.335 e. The van der Waals surface area contributed by atoms with E-state index in [2.05, 4.69) is 42.7 Å². The Hall–Kier alpha value is -2.03. The summed E-state index contributed by atoms with van der Waals surface area (Å²) in [4.78, 5) is 14.5. The summed E-state index contributed by atoms with van der Waals surface area (Å²) in [6.45, 7) is 6.95. The highest BCUT2D eigenvalue weighted by Gasteiger charge is 2.26. The number of carbonyl (C=O) groups excluding carboxylic acids is 1. The molecule has 118 valence electrons. The summed E-state index contributed by atoms with van der Waals surface area (Å²) in [6, 6.07) is 10.7. The number of benzene rings is 1. The SMILES string of the molecule is C=CC/C(C(=O)OC)=C1\CCCCN1[C@H](C)c1ccccc1. The predicted molar refractivity (Wildman–Crippen MR) is 89.3 cm³/mol. The maximum absolute atomic E-state index is 12.2. The van der Waals surface area contributed by atoms with Crippen LogP contribution in [0, 0.1) is 0 Å². The zero-order chi connectivity index (χ0) is 15.9. The minimum Gasteiger partial charge on any atom is -0.466 e. The lowest BCUT2D eigenvalue weighted by Crippen LogP contribution is -2.33. The van der Waals surface area contributed by atoms with Gasteiger partial charge in [-0.2, -0.15) is 0 Å². The average molecular weight is 299 g/mol. The van der Waals surface area contributed by atoms with E-state index < -0.39 is 0 Å². The highest BCUT2D eigenvalue weighted by Crippen LogP contribution is 2.33. The second-order valence-electron chi connectivity index (χ2n) is 5.65. The Morgan fingerprint density at radius 1 is 1.36 bits per heavy atom. The molecule has 0 aliphatic carbocycles. The Morgan fingerprint density at radius 2 is 2.09 bits per heavy atom. The van der Waals surface area contributed by atoms with Crippen LogP contribution in [0.5, 0.6) is 0 Å². The monoisotopic (exact) mass is 299 g/mol. The first-order valence-corrected chi connectivity index (χ1v) is 7.91. The number of allylic oxidation sites excluding steroid dienone is 2. The number of hydrogen-bond donors (Lipinski definition) is 0. The number of methoxy groups -OCH3 is 1. The molecule has 0 radical (unpaired) electrons. The van der Waals surface area contributed by atoms with Crippen molar-refractivity contribution in [3.63, 3.8) is 0 Å². The molecular formula is C19H25NO2. The van der Waals surface area contributed by atoms with E-state index in [4.69, 9.17) is 4.74 Å². The standard InChI is InChI=1S/C19H25NO2/c1-4-10-17(19(21)22-3)18-13-8-9-14-20(18)15(2)16-11-6-5-7-12-16/h4-7,11-12,15H,1,8-10,13-14H2,2-3H3/b18-17-/t15-/m1/s1. The minimum atomic E-state index is -0.234. The largest absolute Gasteiger partial charge is 0.466 e. The molecule has 0 saturated carbocycles. The van der Waals surface area contributed by atoms with Crippen LogP contribution in [-0.2, 0) is 9.53 Å². The van der Waals surface area contributed by atoms with E-state index in [0.717, 1.165) is 37.1 Å². The van der Waals surface area contributed by atoms with Gasteiger partial charge < -0.3 is 9.64 Å². The minimum absolute atomic E-state index is 0.234. The van der Waals surface area contributed by atoms with Crippen LogP contribution in [0.4, 0.5) is 0 Å². The number of esters is 1. The Bertz CT molecular complexity index is 548. The molecule has 1 fully saturated rings. The van der Waals surface area contributed by atoms with Gasteiger partial charge in [-0.15, -0.1) is 6.58 Å². The van der Waals surface area contributed by atoms with Crippen molar-refractivity contribution in [2.45, 2.75) is 38.6 Å². The maximum atomic E-state index is 12.2. The first kappa shape index (κ1) is 16.3. The van der Waals surface area contributed by atoms with Gasteiger partial charge in [-0.25, -0.2) is 4.79 Å². The molecule has 1 aliphatic rings. The third kappa shape index (κ3) is 3.59. The number of nitrogens with zero attached hydrogens (tertiary/aromatic N) is 1. The summed E-state index contributed by atoms with van der Waals surface area (Å²) in [7, 11) is 1.44. The molecule has 1 aromatic carbocycles. The summed E-state index contributed by atoms with van der Waals surface area (Å²) in [5.41, 5.74) is 3.14. The molecule has 1 heterocycles. The van der Waals surface area contributed by atoms with E-state index in [0.29, 0.717) is 6.42 Å². The van der Waals surface area contributed by atoms with Gasteiger partial charge in [0.25, 0.3) is 0 Å². The van der Waals surface area contributed by atoms with Crippen molar-refractivity contribution in [2.24, 2.45) is 0 Å². The lowest BCUT2D eigenvalue weighted by molar-refractivity contribution is -0.136. The molecule has 2 rings (SSSR count). The molecule has 1 saturated heterocycles. The van der Waals surface area contributed by atoms with Crippen LogP contribution < -0.4 is 0 Å². The molecule has 0 amide bonds. The van der Waals surface area contributed by atoms with Gasteiger partial charge in [-0.1, -0.05) is 36.4 Å². The first-order chi connectivity index (χ1) is 10.7. The number of rotatable bonds is 5. The third-order valence-electron chi connectivity index (χ3n) is 4.29. The number of likely N-dealkylation sites (tertiary alicyclic amines) is 1. The van der Waals surface area contributed by atoms with Crippen molar-refractivity contribution in [1.29, 1.82) is 0 Å². The van der Waals surface area contributed by atoms with Crippen molar-refractivity contribution in [2.75, 3.05) is 13.7 Å². The highest BCUT2D eigenvalue weighted by atomic mass is 16.5. The van der Waals surface area contributed by atoms with Crippen LogP contribution in [0.25, 0.3) is 0 Å². The number of carbonyl (C=O) groups is 1. The lowest BCUT2D eigenvalue weighted by Gasteiger charge is -2.38. The summed E-state index contributed by atoms with van der Waals surface area (Å²) in [5.74, 6) is -0.234. The van der Waals surface area contributed by atoms with Gasteiger partial charge in [0.1, 0.15) is 0 Å². The zero-order valence-corrected chi connectivity index (χ0v) is 13.5. The topological polar surface area (TPSA) is 29.5 Å². The van der Waals surface area contributed by atoms with Gasteiger partial charge in [0, 0.05) is 12.2 Å². The second-order valence-corrected chi connectivity index (χ2v) is 5.65. The molecule has 0 spiro atoms. The van der Waals surface area contributed by atoms with E-state index >= 15 is 0 Å². The fourth-order valence-electron chi connectivity index (χ4n) is 3.10. The fraction of sp³-hybridized carbons (Fsp3) is 0.421. The fourth-order valence-corrected chi connectivity index (χ4v) is 3.10. The van der Waals surface area contributed by atoms with Crippen LogP contribution in [0.2, 0.25) is 0 Å². The van der Waals surface area contributed by atoms with Crippen molar-refractivity contribution in [1.82, 2.24) is 4.90 Å². The smallest absolute Gasteiger partial charge is 0.335 e. The highest BCUT2D eigenvalue weighted by molar-refractivity contribution is 5.89. The van der Waals surface area contributed by atoms with Gasteiger partial charge in [0.15, 0.2) is 0 Å².